The van der Waals surface area contributed by atoms with Crippen LogP contribution in [0.5, 0.6) is 5.75 Å². The van der Waals surface area contributed by atoms with E-state index in [1.54, 1.807) is 53.7 Å². The number of carbonyl (C=O) groups excluding carboxylic acids is 1. The summed E-state index contributed by atoms with van der Waals surface area (Å²) in [5, 5.41) is 10.8. The van der Waals surface area contributed by atoms with Crippen molar-refractivity contribution in [1.29, 1.82) is 0 Å². The summed E-state index contributed by atoms with van der Waals surface area (Å²) in [5.41, 5.74) is 0.691. The van der Waals surface area contributed by atoms with Crippen molar-refractivity contribution in [1.82, 2.24) is 9.88 Å². The van der Waals surface area contributed by atoms with Crippen LogP contribution in [0.4, 0.5) is 0 Å². The molecule has 5 nitrogen and oxygen atoms in total. The minimum Gasteiger partial charge on any atom is -0.488 e. The van der Waals surface area contributed by atoms with Crippen molar-refractivity contribution < 1.29 is 14.6 Å². The Balaban J connectivity index is 1.52. The lowest BCUT2D eigenvalue weighted by atomic mass is 10.1. The van der Waals surface area contributed by atoms with E-state index >= 15 is 0 Å². The van der Waals surface area contributed by atoms with E-state index in [0.717, 1.165) is 12.2 Å². The number of pyridine rings is 1. The highest BCUT2D eigenvalue weighted by Crippen LogP contribution is 2.23. The van der Waals surface area contributed by atoms with E-state index in [1.807, 2.05) is 0 Å². The van der Waals surface area contributed by atoms with Gasteiger partial charge in [-0.2, -0.15) is 0 Å². The summed E-state index contributed by atoms with van der Waals surface area (Å²) in [5.74, 6) is 0.684. The SMILES string of the molecule is O=C(CC(O)c1ccc(Cl)cc1)N1CCC(Oc2ccncc2)C1. The van der Waals surface area contributed by atoms with Gasteiger partial charge >= 0.3 is 0 Å². The van der Waals surface area contributed by atoms with Gasteiger partial charge in [-0.3, -0.25) is 9.78 Å². The van der Waals surface area contributed by atoms with Gasteiger partial charge in [-0.25, -0.2) is 0 Å². The number of hydrogen-bond donors (Lipinski definition) is 1. The summed E-state index contributed by atoms with van der Waals surface area (Å²) in [7, 11) is 0. The number of aliphatic hydroxyl groups is 1. The third-order valence-electron chi connectivity index (χ3n) is 4.07. The second-order valence-electron chi connectivity index (χ2n) is 5.82. The number of halogens is 1. The highest BCUT2D eigenvalue weighted by molar-refractivity contribution is 6.30. The number of carbonyl (C=O) groups is 1. The van der Waals surface area contributed by atoms with E-state index in [-0.39, 0.29) is 18.4 Å². The number of benzene rings is 1. The molecule has 1 amide bonds. The lowest BCUT2D eigenvalue weighted by Gasteiger charge is -2.19. The first-order chi connectivity index (χ1) is 11.6. The van der Waals surface area contributed by atoms with Gasteiger partial charge in [-0.1, -0.05) is 23.7 Å². The Morgan fingerprint density at radius 2 is 2.00 bits per heavy atom. The maximum absolute atomic E-state index is 12.4. The molecule has 2 aromatic rings. The number of amides is 1. The van der Waals surface area contributed by atoms with Crippen LogP contribution in [0.2, 0.25) is 5.02 Å². The van der Waals surface area contributed by atoms with Crippen LogP contribution in [0.1, 0.15) is 24.5 Å². The summed E-state index contributed by atoms with van der Waals surface area (Å²) < 4.78 is 5.85. The lowest BCUT2D eigenvalue weighted by molar-refractivity contribution is -0.132. The molecule has 0 aliphatic carbocycles. The number of nitrogens with zero attached hydrogens (tertiary/aromatic N) is 2. The first-order valence-corrected chi connectivity index (χ1v) is 8.27. The molecule has 126 valence electrons. The molecule has 2 unspecified atom stereocenters. The van der Waals surface area contributed by atoms with Gasteiger partial charge < -0.3 is 14.7 Å². The predicted octanol–water partition coefficient (Wildman–Crippen LogP) is 2.84. The van der Waals surface area contributed by atoms with Crippen LogP contribution in [-0.4, -0.2) is 40.1 Å². The minimum absolute atomic E-state index is 0.0241. The maximum Gasteiger partial charge on any atom is 0.225 e. The van der Waals surface area contributed by atoms with Crippen LogP contribution in [0, 0.1) is 0 Å². The number of ether oxygens (including phenoxy) is 1. The average molecular weight is 347 g/mol. The molecule has 1 aromatic heterocycles. The summed E-state index contributed by atoms with van der Waals surface area (Å²) in [6.45, 7) is 1.18. The zero-order valence-electron chi connectivity index (χ0n) is 13.1. The van der Waals surface area contributed by atoms with Crippen molar-refractivity contribution >= 4 is 17.5 Å². The largest absolute Gasteiger partial charge is 0.488 e. The van der Waals surface area contributed by atoms with Gasteiger partial charge in [0.05, 0.1) is 19.1 Å². The molecule has 2 atom stereocenters. The minimum atomic E-state index is -0.824. The first kappa shape index (κ1) is 16.7. The summed E-state index contributed by atoms with van der Waals surface area (Å²) >= 11 is 5.83. The Bertz CT molecular complexity index is 678. The molecular weight excluding hydrogens is 328 g/mol. The number of aromatic nitrogens is 1. The van der Waals surface area contributed by atoms with Gasteiger partial charge in [0.25, 0.3) is 0 Å². The molecule has 1 aliphatic heterocycles. The van der Waals surface area contributed by atoms with Crippen LogP contribution in [-0.2, 0) is 4.79 Å². The Morgan fingerprint density at radius 3 is 2.71 bits per heavy atom. The van der Waals surface area contributed by atoms with Crippen molar-refractivity contribution in [3.8, 4) is 5.75 Å². The predicted molar refractivity (Wildman–Crippen MR) is 90.9 cm³/mol. The smallest absolute Gasteiger partial charge is 0.225 e. The van der Waals surface area contributed by atoms with Crippen LogP contribution in [0.15, 0.2) is 48.8 Å². The zero-order chi connectivity index (χ0) is 16.9. The molecule has 0 bridgehead atoms. The molecule has 1 aliphatic rings. The van der Waals surface area contributed by atoms with Gasteiger partial charge in [0.2, 0.25) is 5.91 Å². The third-order valence-corrected chi connectivity index (χ3v) is 4.32. The average Bonchev–Trinajstić information content (AvgIpc) is 3.05. The highest BCUT2D eigenvalue weighted by Gasteiger charge is 2.28. The Morgan fingerprint density at radius 1 is 1.29 bits per heavy atom. The number of rotatable bonds is 5. The molecule has 1 aromatic carbocycles. The molecule has 3 rings (SSSR count). The van der Waals surface area contributed by atoms with E-state index in [0.29, 0.717) is 23.7 Å². The number of aliphatic hydroxyl groups excluding tert-OH is 1. The third kappa shape index (κ3) is 4.24. The van der Waals surface area contributed by atoms with E-state index < -0.39 is 6.10 Å². The molecule has 1 N–H and O–H groups in total. The normalized spacial score (nSPS) is 18.4. The Kier molecular flexibility index (Phi) is 5.33. The lowest BCUT2D eigenvalue weighted by Crippen LogP contribution is -2.31. The number of hydrogen-bond acceptors (Lipinski definition) is 4. The van der Waals surface area contributed by atoms with E-state index in [4.69, 9.17) is 16.3 Å². The second-order valence-corrected chi connectivity index (χ2v) is 6.26. The van der Waals surface area contributed by atoms with Gasteiger partial charge in [-0.15, -0.1) is 0 Å². The van der Waals surface area contributed by atoms with Crippen molar-refractivity contribution in [3.63, 3.8) is 0 Å². The van der Waals surface area contributed by atoms with Gasteiger partial charge in [0.15, 0.2) is 0 Å². The highest BCUT2D eigenvalue weighted by atomic mass is 35.5. The topological polar surface area (TPSA) is 62.7 Å². The molecule has 6 heteroatoms. The maximum atomic E-state index is 12.4. The quantitative estimate of drug-likeness (QED) is 0.904. The van der Waals surface area contributed by atoms with Crippen molar-refractivity contribution in [2.24, 2.45) is 0 Å². The summed E-state index contributed by atoms with van der Waals surface area (Å²) in [6.07, 6.45) is 3.35. The number of likely N-dealkylation sites (tertiary alicyclic amines) is 1. The molecule has 24 heavy (non-hydrogen) atoms. The first-order valence-electron chi connectivity index (χ1n) is 7.90. The summed E-state index contributed by atoms with van der Waals surface area (Å²) in [4.78, 5) is 18.1. The monoisotopic (exact) mass is 346 g/mol. The van der Waals surface area contributed by atoms with E-state index in [2.05, 4.69) is 4.98 Å². The second kappa shape index (κ2) is 7.64. The standard InChI is InChI=1S/C18H19ClN2O3/c19-14-3-1-13(2-4-14)17(22)11-18(23)21-10-7-16(12-21)24-15-5-8-20-9-6-15/h1-6,8-9,16-17,22H,7,10-12H2. The van der Waals surface area contributed by atoms with Crippen molar-refractivity contribution in [2.45, 2.75) is 25.0 Å². The van der Waals surface area contributed by atoms with Crippen LogP contribution in [0.3, 0.4) is 0 Å². The fraction of sp³-hybridized carbons (Fsp3) is 0.333. The Labute approximate surface area is 145 Å². The molecule has 0 spiro atoms. The fourth-order valence-corrected chi connectivity index (χ4v) is 2.88. The molecule has 1 fully saturated rings. The van der Waals surface area contributed by atoms with Gasteiger partial charge in [0.1, 0.15) is 11.9 Å². The molecule has 1 saturated heterocycles. The van der Waals surface area contributed by atoms with Crippen molar-refractivity contribution in [3.05, 3.63) is 59.4 Å². The van der Waals surface area contributed by atoms with Crippen LogP contribution < -0.4 is 4.74 Å². The summed E-state index contributed by atoms with van der Waals surface area (Å²) in [6, 6.07) is 10.5. The molecular formula is C18H19ClN2O3. The molecule has 2 heterocycles. The van der Waals surface area contributed by atoms with Crippen LogP contribution >= 0.6 is 11.6 Å². The fourth-order valence-electron chi connectivity index (χ4n) is 2.76. The molecule has 0 radical (unpaired) electrons. The van der Waals surface area contributed by atoms with Crippen LogP contribution in [0.25, 0.3) is 0 Å². The van der Waals surface area contributed by atoms with E-state index in [1.165, 1.54) is 0 Å². The molecule has 0 saturated carbocycles. The van der Waals surface area contributed by atoms with E-state index in [9.17, 15) is 9.90 Å². The van der Waals surface area contributed by atoms with Gasteiger partial charge in [0, 0.05) is 30.4 Å². The zero-order valence-corrected chi connectivity index (χ0v) is 13.9. The van der Waals surface area contributed by atoms with Gasteiger partial charge in [-0.05, 0) is 29.8 Å². The Hall–Kier alpha value is -2.11. The van der Waals surface area contributed by atoms with Crippen molar-refractivity contribution in [2.75, 3.05) is 13.1 Å².